The Hall–Kier alpha value is -2.34. The van der Waals surface area contributed by atoms with Crippen LogP contribution in [0.25, 0.3) is 5.69 Å². The molecule has 0 atom stereocenters. The van der Waals surface area contributed by atoms with Crippen LogP contribution in [-0.4, -0.2) is 20.3 Å². The van der Waals surface area contributed by atoms with E-state index in [4.69, 9.17) is 0 Å². The summed E-state index contributed by atoms with van der Waals surface area (Å²) >= 11 is 1.41. The number of thiophene rings is 1. The Labute approximate surface area is 114 Å². The lowest BCUT2D eigenvalue weighted by molar-refractivity contribution is 0.103. The van der Waals surface area contributed by atoms with Crippen molar-refractivity contribution in [1.82, 2.24) is 14.3 Å². The first-order valence-electron chi connectivity index (χ1n) is 5.76. The third kappa shape index (κ3) is 2.30. The largest absolute Gasteiger partial charge is 0.322 e. The van der Waals surface area contributed by atoms with E-state index in [0.29, 0.717) is 10.7 Å². The molecule has 0 bridgehead atoms. The number of hydrogen-bond donors (Lipinski definition) is 1. The Morgan fingerprint density at radius 2 is 2.05 bits per heavy atom. The number of rotatable bonds is 3. The average molecular weight is 272 g/mol. The molecule has 0 aromatic carbocycles. The fourth-order valence-corrected chi connectivity index (χ4v) is 2.61. The molecule has 5 nitrogen and oxygen atoms in total. The summed E-state index contributed by atoms with van der Waals surface area (Å²) in [6.07, 6.45) is 5.62. The molecule has 0 saturated heterocycles. The van der Waals surface area contributed by atoms with Crippen molar-refractivity contribution in [1.29, 1.82) is 0 Å². The Kier molecular flexibility index (Phi) is 2.92. The van der Waals surface area contributed by atoms with Gasteiger partial charge in [0.2, 0.25) is 0 Å². The van der Waals surface area contributed by atoms with Gasteiger partial charge < -0.3 is 9.88 Å². The van der Waals surface area contributed by atoms with Gasteiger partial charge in [-0.15, -0.1) is 11.3 Å². The van der Waals surface area contributed by atoms with E-state index in [0.717, 1.165) is 5.69 Å². The van der Waals surface area contributed by atoms with Crippen molar-refractivity contribution in [3.05, 3.63) is 53.1 Å². The van der Waals surface area contributed by atoms with Crippen LogP contribution in [0, 0.1) is 0 Å². The first-order valence-corrected chi connectivity index (χ1v) is 6.64. The highest BCUT2D eigenvalue weighted by Crippen LogP contribution is 2.22. The van der Waals surface area contributed by atoms with Crippen LogP contribution in [0.4, 0.5) is 5.82 Å². The van der Waals surface area contributed by atoms with Crippen LogP contribution in [0.15, 0.2) is 48.2 Å². The summed E-state index contributed by atoms with van der Waals surface area (Å²) in [7, 11) is 1.81. The van der Waals surface area contributed by atoms with Crippen molar-refractivity contribution >= 4 is 23.1 Å². The molecule has 0 spiro atoms. The van der Waals surface area contributed by atoms with Crippen molar-refractivity contribution < 1.29 is 4.79 Å². The van der Waals surface area contributed by atoms with Gasteiger partial charge >= 0.3 is 0 Å². The SMILES string of the molecule is Cn1ccc(NC(=O)c2sccc2-n2cccc2)n1. The normalized spacial score (nSPS) is 10.6. The maximum absolute atomic E-state index is 12.2. The third-order valence-corrected chi connectivity index (χ3v) is 3.59. The number of aryl methyl sites for hydroxylation is 1. The Morgan fingerprint density at radius 3 is 2.74 bits per heavy atom. The number of aromatic nitrogens is 3. The number of nitrogens with one attached hydrogen (secondary N) is 1. The maximum Gasteiger partial charge on any atom is 0.269 e. The Morgan fingerprint density at radius 1 is 1.26 bits per heavy atom. The van der Waals surface area contributed by atoms with Gasteiger partial charge in [-0.1, -0.05) is 0 Å². The minimum Gasteiger partial charge on any atom is -0.322 e. The minimum absolute atomic E-state index is 0.141. The number of nitrogens with zero attached hydrogens (tertiary/aromatic N) is 3. The summed E-state index contributed by atoms with van der Waals surface area (Å²) in [5.74, 6) is 0.414. The molecular weight excluding hydrogens is 260 g/mol. The van der Waals surface area contributed by atoms with Gasteiger partial charge in [0.15, 0.2) is 5.82 Å². The highest BCUT2D eigenvalue weighted by molar-refractivity contribution is 7.12. The number of carbonyl (C=O) groups excluding carboxylic acids is 1. The van der Waals surface area contributed by atoms with Crippen LogP contribution in [0.3, 0.4) is 0 Å². The highest BCUT2D eigenvalue weighted by atomic mass is 32.1. The Bertz CT molecular complexity index is 696. The molecule has 1 amide bonds. The molecule has 3 aromatic rings. The molecule has 0 radical (unpaired) electrons. The van der Waals surface area contributed by atoms with Gasteiger partial charge in [-0.25, -0.2) is 0 Å². The lowest BCUT2D eigenvalue weighted by Crippen LogP contribution is -2.13. The van der Waals surface area contributed by atoms with E-state index >= 15 is 0 Å². The fourth-order valence-electron chi connectivity index (χ4n) is 1.83. The molecular formula is C13H12N4OS. The molecule has 19 heavy (non-hydrogen) atoms. The van der Waals surface area contributed by atoms with Crippen LogP contribution < -0.4 is 5.32 Å². The number of hydrogen-bond acceptors (Lipinski definition) is 3. The molecule has 3 rings (SSSR count). The summed E-state index contributed by atoms with van der Waals surface area (Å²) in [6, 6.07) is 7.55. The predicted molar refractivity (Wildman–Crippen MR) is 74.8 cm³/mol. The van der Waals surface area contributed by atoms with Gasteiger partial charge in [0.25, 0.3) is 5.91 Å². The molecule has 0 aliphatic heterocycles. The highest BCUT2D eigenvalue weighted by Gasteiger charge is 2.15. The van der Waals surface area contributed by atoms with Crippen molar-refractivity contribution in [3.8, 4) is 5.69 Å². The number of carbonyl (C=O) groups is 1. The topological polar surface area (TPSA) is 51.9 Å². The smallest absolute Gasteiger partial charge is 0.269 e. The van der Waals surface area contributed by atoms with Gasteiger partial charge in [-0.3, -0.25) is 9.48 Å². The van der Waals surface area contributed by atoms with Gasteiger partial charge in [-0.05, 0) is 23.6 Å². The van der Waals surface area contributed by atoms with Crippen LogP contribution in [-0.2, 0) is 7.05 Å². The van der Waals surface area contributed by atoms with E-state index in [1.54, 1.807) is 16.9 Å². The van der Waals surface area contributed by atoms with Gasteiger partial charge in [0.05, 0.1) is 5.69 Å². The fraction of sp³-hybridized carbons (Fsp3) is 0.0769. The molecule has 0 aliphatic carbocycles. The second-order valence-corrected chi connectivity index (χ2v) is 4.97. The van der Waals surface area contributed by atoms with Crippen molar-refractivity contribution in [2.24, 2.45) is 7.05 Å². The molecule has 3 heterocycles. The lowest BCUT2D eigenvalue weighted by Gasteiger charge is -2.04. The molecule has 1 N–H and O–H groups in total. The van der Waals surface area contributed by atoms with Gasteiger partial charge in [-0.2, -0.15) is 5.10 Å². The first kappa shape index (κ1) is 11.7. The van der Waals surface area contributed by atoms with Crippen molar-refractivity contribution in [3.63, 3.8) is 0 Å². The van der Waals surface area contributed by atoms with E-state index in [1.165, 1.54) is 11.3 Å². The van der Waals surface area contributed by atoms with Gasteiger partial charge in [0.1, 0.15) is 4.88 Å². The molecule has 0 fully saturated rings. The molecule has 3 aromatic heterocycles. The number of amides is 1. The quantitative estimate of drug-likeness (QED) is 0.796. The van der Waals surface area contributed by atoms with Crippen LogP contribution in [0.1, 0.15) is 9.67 Å². The first-order chi connectivity index (χ1) is 9.24. The van der Waals surface area contributed by atoms with E-state index in [-0.39, 0.29) is 5.91 Å². The number of anilines is 1. The van der Waals surface area contributed by atoms with Crippen LogP contribution in [0.2, 0.25) is 0 Å². The predicted octanol–water partition coefficient (Wildman–Crippen LogP) is 2.52. The monoisotopic (exact) mass is 272 g/mol. The van der Waals surface area contributed by atoms with E-state index in [1.807, 2.05) is 47.6 Å². The summed E-state index contributed by atoms with van der Waals surface area (Å²) in [5, 5.41) is 8.83. The van der Waals surface area contributed by atoms with E-state index < -0.39 is 0 Å². The molecule has 0 aliphatic rings. The second kappa shape index (κ2) is 4.74. The zero-order chi connectivity index (χ0) is 13.2. The maximum atomic E-state index is 12.2. The molecule has 0 unspecified atom stereocenters. The summed E-state index contributed by atoms with van der Waals surface area (Å²) in [5.41, 5.74) is 0.878. The summed E-state index contributed by atoms with van der Waals surface area (Å²) in [4.78, 5) is 12.9. The average Bonchev–Trinajstić information content (AvgIpc) is 3.07. The second-order valence-electron chi connectivity index (χ2n) is 4.05. The van der Waals surface area contributed by atoms with Crippen LogP contribution in [0.5, 0.6) is 0 Å². The molecule has 6 heteroatoms. The van der Waals surface area contributed by atoms with Crippen LogP contribution >= 0.6 is 11.3 Å². The standard InChI is InChI=1S/C13H12N4OS/c1-16-8-4-11(15-16)14-13(18)12-10(5-9-19-12)17-6-2-3-7-17/h2-9H,1H3,(H,14,15,18). The summed E-state index contributed by atoms with van der Waals surface area (Å²) in [6.45, 7) is 0. The minimum atomic E-state index is -0.141. The third-order valence-electron chi connectivity index (χ3n) is 2.69. The molecule has 0 saturated carbocycles. The molecule has 96 valence electrons. The zero-order valence-electron chi connectivity index (χ0n) is 10.3. The zero-order valence-corrected chi connectivity index (χ0v) is 11.1. The van der Waals surface area contributed by atoms with Crippen molar-refractivity contribution in [2.75, 3.05) is 5.32 Å². The van der Waals surface area contributed by atoms with E-state index in [9.17, 15) is 4.79 Å². The Balaban J connectivity index is 1.87. The van der Waals surface area contributed by atoms with Gasteiger partial charge in [0, 0.05) is 31.7 Å². The summed E-state index contributed by atoms with van der Waals surface area (Å²) < 4.78 is 3.57. The lowest BCUT2D eigenvalue weighted by atomic mass is 10.3. The van der Waals surface area contributed by atoms with E-state index in [2.05, 4.69) is 10.4 Å². The van der Waals surface area contributed by atoms with Crippen molar-refractivity contribution in [2.45, 2.75) is 0 Å².